The molecule has 0 aromatic rings. The molecule has 90 valence electrons. The van der Waals surface area contributed by atoms with Crippen LogP contribution in [0.15, 0.2) is 12.2 Å². The molecule has 5 heteroatoms. The lowest BCUT2D eigenvalue weighted by molar-refractivity contribution is -0.152. The van der Waals surface area contributed by atoms with E-state index in [9.17, 15) is 14.4 Å². The molecule has 0 amide bonds. The number of ketones is 1. The average Bonchev–Trinajstić information content (AvgIpc) is 2.08. The monoisotopic (exact) mass is 228 g/mol. The number of carbonyl (C=O) groups is 3. The zero-order valence-electron chi connectivity index (χ0n) is 9.90. The minimum Gasteiger partial charge on any atom is -0.457 e. The largest absolute Gasteiger partial charge is 0.457 e. The van der Waals surface area contributed by atoms with E-state index in [4.69, 9.17) is 4.74 Å². The Morgan fingerprint density at radius 1 is 1.19 bits per heavy atom. The highest BCUT2D eigenvalue weighted by Crippen LogP contribution is 2.06. The maximum absolute atomic E-state index is 11.1. The molecular weight excluding hydrogens is 212 g/mol. The van der Waals surface area contributed by atoms with Crippen LogP contribution in [0.1, 0.15) is 27.7 Å². The predicted octanol–water partition coefficient (Wildman–Crippen LogP) is 1.02. The highest BCUT2D eigenvalue weighted by Gasteiger charge is 2.13. The first kappa shape index (κ1) is 14.3. The van der Waals surface area contributed by atoms with Gasteiger partial charge in [0.25, 0.3) is 0 Å². The number of rotatable bonds is 4. The van der Waals surface area contributed by atoms with Crippen molar-refractivity contribution < 1.29 is 23.9 Å². The molecule has 0 rings (SSSR count). The minimum absolute atomic E-state index is 0.127. The third-order valence-corrected chi connectivity index (χ3v) is 1.26. The van der Waals surface area contributed by atoms with Crippen LogP contribution in [0.25, 0.3) is 0 Å². The summed E-state index contributed by atoms with van der Waals surface area (Å²) in [6.45, 7) is 6.22. The zero-order valence-corrected chi connectivity index (χ0v) is 9.90. The molecule has 0 fully saturated rings. The van der Waals surface area contributed by atoms with E-state index in [0.717, 1.165) is 13.0 Å². The third kappa shape index (κ3) is 7.73. The molecule has 0 aliphatic rings. The third-order valence-electron chi connectivity index (χ3n) is 1.26. The number of carbonyl (C=O) groups excluding carboxylic acids is 3. The lowest BCUT2D eigenvalue weighted by Crippen LogP contribution is -2.22. The van der Waals surface area contributed by atoms with Gasteiger partial charge in [-0.2, -0.15) is 0 Å². The van der Waals surface area contributed by atoms with Crippen LogP contribution >= 0.6 is 0 Å². The molecule has 0 atom stereocenters. The Balaban J connectivity index is 3.90. The first-order chi connectivity index (χ1) is 7.22. The van der Waals surface area contributed by atoms with Crippen LogP contribution in [0.5, 0.6) is 0 Å². The average molecular weight is 228 g/mol. The summed E-state index contributed by atoms with van der Waals surface area (Å²) in [4.78, 5) is 32.3. The minimum atomic E-state index is -0.922. The molecule has 0 aliphatic carbocycles. The Morgan fingerprint density at radius 3 is 2.19 bits per heavy atom. The fraction of sp³-hybridized carbons (Fsp3) is 0.545. The van der Waals surface area contributed by atoms with E-state index in [-0.39, 0.29) is 6.61 Å². The summed E-state index contributed by atoms with van der Waals surface area (Å²) in [7, 11) is 0. The van der Waals surface area contributed by atoms with Gasteiger partial charge < -0.3 is 9.47 Å². The first-order valence-electron chi connectivity index (χ1n) is 4.79. The van der Waals surface area contributed by atoms with Gasteiger partial charge in [-0.1, -0.05) is 0 Å². The fourth-order valence-corrected chi connectivity index (χ4v) is 0.706. The zero-order chi connectivity index (χ0) is 12.8. The maximum Gasteiger partial charge on any atom is 0.374 e. The number of hydrogen-bond acceptors (Lipinski definition) is 5. The molecule has 0 aromatic heterocycles. The van der Waals surface area contributed by atoms with E-state index >= 15 is 0 Å². The van der Waals surface area contributed by atoms with Gasteiger partial charge in [-0.15, -0.1) is 0 Å². The van der Waals surface area contributed by atoms with Gasteiger partial charge in [0, 0.05) is 13.0 Å². The van der Waals surface area contributed by atoms with Crippen LogP contribution in [0.3, 0.4) is 0 Å². The highest BCUT2D eigenvalue weighted by molar-refractivity contribution is 6.32. The molecule has 0 N–H and O–H groups in total. The van der Waals surface area contributed by atoms with Crippen LogP contribution in [0.2, 0.25) is 0 Å². The van der Waals surface area contributed by atoms with E-state index in [1.807, 2.05) is 0 Å². The molecule has 0 heterocycles. The second kappa shape index (κ2) is 6.05. The van der Waals surface area contributed by atoms with Gasteiger partial charge in [-0.3, -0.25) is 4.79 Å². The lowest BCUT2D eigenvalue weighted by atomic mass is 10.2. The van der Waals surface area contributed by atoms with E-state index in [0.29, 0.717) is 0 Å². The summed E-state index contributed by atoms with van der Waals surface area (Å²) in [6, 6.07) is 0. The van der Waals surface area contributed by atoms with Crippen LogP contribution in [-0.4, -0.2) is 29.9 Å². The van der Waals surface area contributed by atoms with E-state index in [1.54, 1.807) is 20.8 Å². The number of hydrogen-bond donors (Lipinski definition) is 0. The van der Waals surface area contributed by atoms with Crippen molar-refractivity contribution in [1.29, 1.82) is 0 Å². The van der Waals surface area contributed by atoms with Crippen molar-refractivity contribution >= 4 is 17.7 Å². The number of ether oxygens (including phenoxy) is 2. The molecule has 0 radical (unpaired) electrons. The standard InChI is InChI=1S/C11H16O5/c1-8(12)10(14)15-7-5-6-9(13)16-11(2,3)4/h5-6H,7H2,1-4H3/b6-5-. The van der Waals surface area contributed by atoms with Gasteiger partial charge in [-0.25, -0.2) is 9.59 Å². The van der Waals surface area contributed by atoms with E-state index in [2.05, 4.69) is 4.74 Å². The molecule has 5 nitrogen and oxygen atoms in total. The SMILES string of the molecule is CC(=O)C(=O)OC/C=C\C(=O)OC(C)(C)C. The van der Waals surface area contributed by atoms with Crippen molar-refractivity contribution in [3.05, 3.63) is 12.2 Å². The summed E-state index contributed by atoms with van der Waals surface area (Å²) in [6.07, 6.45) is 2.47. The van der Waals surface area contributed by atoms with Crippen LogP contribution in [0.4, 0.5) is 0 Å². The second-order valence-electron chi connectivity index (χ2n) is 4.09. The smallest absolute Gasteiger partial charge is 0.374 e. The van der Waals surface area contributed by atoms with Crippen LogP contribution in [-0.2, 0) is 23.9 Å². The van der Waals surface area contributed by atoms with Crippen molar-refractivity contribution in [2.45, 2.75) is 33.3 Å². The summed E-state index contributed by atoms with van der Waals surface area (Å²) in [5.41, 5.74) is -0.558. The van der Waals surface area contributed by atoms with Crippen molar-refractivity contribution in [2.75, 3.05) is 6.61 Å². The molecule has 0 saturated heterocycles. The Morgan fingerprint density at radius 2 is 1.75 bits per heavy atom. The molecule has 0 aliphatic heterocycles. The van der Waals surface area contributed by atoms with Crippen LogP contribution < -0.4 is 0 Å². The maximum atomic E-state index is 11.1. The molecule has 0 spiro atoms. The molecule has 0 unspecified atom stereocenters. The Bertz CT molecular complexity index is 309. The van der Waals surface area contributed by atoms with Gasteiger partial charge in [0.1, 0.15) is 12.2 Å². The summed E-state index contributed by atoms with van der Waals surface area (Å²) < 4.78 is 9.46. The van der Waals surface area contributed by atoms with Gasteiger partial charge in [0.2, 0.25) is 5.78 Å². The molecule has 16 heavy (non-hydrogen) atoms. The number of Topliss-reactive ketones (excluding diaryl/α,β-unsaturated/α-hetero) is 1. The number of esters is 2. The topological polar surface area (TPSA) is 69.7 Å². The van der Waals surface area contributed by atoms with Gasteiger partial charge in [0.05, 0.1) is 0 Å². The normalized spacial score (nSPS) is 11.2. The van der Waals surface area contributed by atoms with E-state index in [1.165, 1.54) is 6.08 Å². The van der Waals surface area contributed by atoms with Crippen molar-refractivity contribution in [3.8, 4) is 0 Å². The molecule has 0 bridgehead atoms. The van der Waals surface area contributed by atoms with Crippen molar-refractivity contribution in [1.82, 2.24) is 0 Å². The Hall–Kier alpha value is -1.65. The highest BCUT2D eigenvalue weighted by atomic mass is 16.6. The lowest BCUT2D eigenvalue weighted by Gasteiger charge is -2.17. The fourth-order valence-electron chi connectivity index (χ4n) is 0.706. The quantitative estimate of drug-likeness (QED) is 0.408. The van der Waals surface area contributed by atoms with Gasteiger partial charge >= 0.3 is 11.9 Å². The van der Waals surface area contributed by atoms with Crippen LogP contribution in [0, 0.1) is 0 Å². The first-order valence-corrected chi connectivity index (χ1v) is 4.79. The molecule has 0 aromatic carbocycles. The summed E-state index contributed by atoms with van der Waals surface area (Å²) in [5.74, 6) is -2.12. The van der Waals surface area contributed by atoms with Crippen molar-refractivity contribution in [3.63, 3.8) is 0 Å². The van der Waals surface area contributed by atoms with Gasteiger partial charge in [-0.05, 0) is 26.8 Å². The predicted molar refractivity (Wildman–Crippen MR) is 56.6 cm³/mol. The van der Waals surface area contributed by atoms with Gasteiger partial charge in [0.15, 0.2) is 0 Å². The van der Waals surface area contributed by atoms with Crippen molar-refractivity contribution in [2.24, 2.45) is 0 Å². The Kier molecular flexibility index (Phi) is 5.42. The Labute approximate surface area is 94.4 Å². The molecular formula is C11H16O5. The van der Waals surface area contributed by atoms with E-state index < -0.39 is 23.3 Å². The summed E-state index contributed by atoms with van der Waals surface area (Å²) >= 11 is 0. The molecule has 0 saturated carbocycles. The second-order valence-corrected chi connectivity index (χ2v) is 4.09. The summed E-state index contributed by atoms with van der Waals surface area (Å²) in [5, 5.41) is 0.